The lowest BCUT2D eigenvalue weighted by molar-refractivity contribution is 0.102. The normalized spacial score (nSPS) is 11.6. The van der Waals surface area contributed by atoms with Crippen LogP contribution in [0.3, 0.4) is 0 Å². The van der Waals surface area contributed by atoms with Gasteiger partial charge in [-0.2, -0.15) is 0 Å². The molecule has 1 atom stereocenters. The zero-order chi connectivity index (χ0) is 17.6. The Kier molecular flexibility index (Phi) is 4.99. The minimum Gasteiger partial charge on any atom is -0.362 e. The number of halogens is 1. The van der Waals surface area contributed by atoms with Crippen molar-refractivity contribution in [3.63, 3.8) is 0 Å². The van der Waals surface area contributed by atoms with Crippen molar-refractivity contribution in [1.29, 1.82) is 0 Å². The molecule has 2 aromatic carbocycles. The number of carbonyl (C=O) groups excluding carboxylic acids is 1. The number of amides is 1. The first-order chi connectivity index (χ1) is 12.1. The molecule has 1 unspecified atom stereocenters. The molecule has 3 rings (SSSR count). The molecule has 0 spiro atoms. The molecule has 1 heterocycles. The van der Waals surface area contributed by atoms with Gasteiger partial charge in [-0.3, -0.25) is 4.79 Å². The van der Waals surface area contributed by atoms with Gasteiger partial charge in [-0.1, -0.05) is 36.4 Å². The van der Waals surface area contributed by atoms with Gasteiger partial charge in [0.05, 0.1) is 12.4 Å². The summed E-state index contributed by atoms with van der Waals surface area (Å²) in [5.41, 5.74) is 1.64. The van der Waals surface area contributed by atoms with Crippen molar-refractivity contribution in [2.75, 3.05) is 10.6 Å². The van der Waals surface area contributed by atoms with E-state index in [1.807, 2.05) is 37.3 Å². The van der Waals surface area contributed by atoms with E-state index in [1.165, 1.54) is 30.6 Å². The van der Waals surface area contributed by atoms with E-state index in [4.69, 9.17) is 0 Å². The Morgan fingerprint density at radius 1 is 1.04 bits per heavy atom. The summed E-state index contributed by atoms with van der Waals surface area (Å²) in [6, 6.07) is 15.7. The maximum Gasteiger partial charge on any atom is 0.275 e. The number of nitrogens with one attached hydrogen (secondary N) is 2. The predicted molar refractivity (Wildman–Crippen MR) is 94.9 cm³/mol. The molecule has 0 aliphatic carbocycles. The average Bonchev–Trinajstić information content (AvgIpc) is 2.63. The molecule has 5 nitrogen and oxygen atoms in total. The van der Waals surface area contributed by atoms with Crippen LogP contribution in [0.25, 0.3) is 0 Å². The highest BCUT2D eigenvalue weighted by Crippen LogP contribution is 2.17. The highest BCUT2D eigenvalue weighted by atomic mass is 19.1. The van der Waals surface area contributed by atoms with Crippen molar-refractivity contribution in [1.82, 2.24) is 9.97 Å². The second-order valence-corrected chi connectivity index (χ2v) is 5.53. The molecule has 1 amide bonds. The fraction of sp³-hybridized carbons (Fsp3) is 0.105. The molecule has 0 aliphatic heterocycles. The van der Waals surface area contributed by atoms with Crippen LogP contribution in [0.4, 0.5) is 15.9 Å². The topological polar surface area (TPSA) is 66.9 Å². The quantitative estimate of drug-likeness (QED) is 0.738. The molecule has 0 radical (unpaired) electrons. The van der Waals surface area contributed by atoms with Gasteiger partial charge in [0.2, 0.25) is 0 Å². The van der Waals surface area contributed by atoms with Crippen LogP contribution in [-0.4, -0.2) is 15.9 Å². The number of hydrogen-bond donors (Lipinski definition) is 2. The molecule has 0 bridgehead atoms. The Labute approximate surface area is 145 Å². The lowest BCUT2D eigenvalue weighted by Gasteiger charge is -2.14. The molecule has 0 saturated carbocycles. The number of rotatable bonds is 5. The third-order valence-corrected chi connectivity index (χ3v) is 3.63. The number of benzene rings is 2. The second kappa shape index (κ2) is 7.53. The molecule has 0 fully saturated rings. The number of aromatic nitrogens is 2. The van der Waals surface area contributed by atoms with Gasteiger partial charge in [-0.05, 0) is 30.7 Å². The molecule has 6 heteroatoms. The number of carbonyl (C=O) groups is 1. The Morgan fingerprint density at radius 2 is 1.84 bits per heavy atom. The molecule has 3 aromatic rings. The van der Waals surface area contributed by atoms with Gasteiger partial charge in [0.1, 0.15) is 17.3 Å². The van der Waals surface area contributed by atoms with Gasteiger partial charge in [0.25, 0.3) is 5.91 Å². The zero-order valence-electron chi connectivity index (χ0n) is 13.6. The summed E-state index contributed by atoms with van der Waals surface area (Å²) in [7, 11) is 0. The molecule has 2 N–H and O–H groups in total. The van der Waals surface area contributed by atoms with E-state index in [0.717, 1.165) is 5.56 Å². The monoisotopic (exact) mass is 336 g/mol. The van der Waals surface area contributed by atoms with Crippen LogP contribution in [0.5, 0.6) is 0 Å². The van der Waals surface area contributed by atoms with E-state index >= 15 is 0 Å². The largest absolute Gasteiger partial charge is 0.362 e. The summed E-state index contributed by atoms with van der Waals surface area (Å²) >= 11 is 0. The van der Waals surface area contributed by atoms with Crippen LogP contribution in [0.15, 0.2) is 67.0 Å². The molecule has 0 saturated heterocycles. The van der Waals surface area contributed by atoms with E-state index < -0.39 is 11.7 Å². The smallest absolute Gasteiger partial charge is 0.275 e. The van der Waals surface area contributed by atoms with Crippen LogP contribution >= 0.6 is 0 Å². The number of hydrogen-bond acceptors (Lipinski definition) is 4. The average molecular weight is 336 g/mol. The van der Waals surface area contributed by atoms with E-state index in [-0.39, 0.29) is 11.7 Å². The summed E-state index contributed by atoms with van der Waals surface area (Å²) in [5.74, 6) is -0.294. The summed E-state index contributed by atoms with van der Waals surface area (Å²) in [5, 5.41) is 5.81. The molecule has 25 heavy (non-hydrogen) atoms. The minimum atomic E-state index is -0.444. The summed E-state index contributed by atoms with van der Waals surface area (Å²) in [6.07, 6.45) is 2.88. The Balaban J connectivity index is 1.64. The van der Waals surface area contributed by atoms with Crippen molar-refractivity contribution in [2.45, 2.75) is 13.0 Å². The number of anilines is 2. The van der Waals surface area contributed by atoms with Crippen LogP contribution in [0.1, 0.15) is 29.0 Å². The standard InChI is InChI=1S/C19H17FN4O/c1-13(14-6-3-2-4-7-14)23-18-12-21-17(11-22-18)19(25)24-16-9-5-8-15(20)10-16/h2-13H,1H3,(H,22,23)(H,24,25). The van der Waals surface area contributed by atoms with E-state index in [0.29, 0.717) is 11.5 Å². The van der Waals surface area contributed by atoms with Crippen molar-refractivity contribution in [2.24, 2.45) is 0 Å². The summed E-state index contributed by atoms with van der Waals surface area (Å²) in [6.45, 7) is 2.02. The lowest BCUT2D eigenvalue weighted by atomic mass is 10.1. The van der Waals surface area contributed by atoms with Gasteiger partial charge < -0.3 is 10.6 Å². The first kappa shape index (κ1) is 16.6. The first-order valence-electron chi connectivity index (χ1n) is 7.82. The van der Waals surface area contributed by atoms with Crippen LogP contribution < -0.4 is 10.6 Å². The van der Waals surface area contributed by atoms with Crippen LogP contribution in [0, 0.1) is 5.82 Å². The van der Waals surface area contributed by atoms with Crippen molar-refractivity contribution >= 4 is 17.4 Å². The lowest BCUT2D eigenvalue weighted by Crippen LogP contribution is -2.15. The maximum absolute atomic E-state index is 13.1. The fourth-order valence-corrected chi connectivity index (χ4v) is 2.33. The highest BCUT2D eigenvalue weighted by molar-refractivity contribution is 6.02. The minimum absolute atomic E-state index is 0.0578. The van der Waals surface area contributed by atoms with Crippen molar-refractivity contribution in [3.05, 3.63) is 84.1 Å². The number of nitrogens with zero attached hydrogens (tertiary/aromatic N) is 2. The SMILES string of the molecule is CC(Nc1cnc(C(=O)Nc2cccc(F)c2)cn1)c1ccccc1. The summed E-state index contributed by atoms with van der Waals surface area (Å²) in [4.78, 5) is 20.5. The third-order valence-electron chi connectivity index (χ3n) is 3.63. The fourth-order valence-electron chi connectivity index (χ4n) is 2.33. The zero-order valence-corrected chi connectivity index (χ0v) is 13.6. The third kappa shape index (κ3) is 4.38. The Bertz CT molecular complexity index is 853. The van der Waals surface area contributed by atoms with Crippen LogP contribution in [0.2, 0.25) is 0 Å². The van der Waals surface area contributed by atoms with Gasteiger partial charge in [0, 0.05) is 11.7 Å². The van der Waals surface area contributed by atoms with Gasteiger partial charge in [-0.25, -0.2) is 14.4 Å². The first-order valence-corrected chi connectivity index (χ1v) is 7.82. The molecule has 126 valence electrons. The molecular formula is C19H17FN4O. The van der Waals surface area contributed by atoms with Crippen molar-refractivity contribution < 1.29 is 9.18 Å². The van der Waals surface area contributed by atoms with Crippen LogP contribution in [-0.2, 0) is 0 Å². The molecule has 1 aromatic heterocycles. The Hall–Kier alpha value is -3.28. The van der Waals surface area contributed by atoms with E-state index in [2.05, 4.69) is 20.6 Å². The van der Waals surface area contributed by atoms with E-state index in [9.17, 15) is 9.18 Å². The van der Waals surface area contributed by atoms with Gasteiger partial charge in [0.15, 0.2) is 0 Å². The maximum atomic E-state index is 13.1. The summed E-state index contributed by atoms with van der Waals surface area (Å²) < 4.78 is 13.1. The molecule has 0 aliphatic rings. The highest BCUT2D eigenvalue weighted by Gasteiger charge is 2.10. The second-order valence-electron chi connectivity index (χ2n) is 5.53. The Morgan fingerprint density at radius 3 is 2.52 bits per heavy atom. The predicted octanol–water partition coefficient (Wildman–Crippen LogP) is 4.04. The molecular weight excluding hydrogens is 319 g/mol. The van der Waals surface area contributed by atoms with Gasteiger partial charge >= 0.3 is 0 Å². The van der Waals surface area contributed by atoms with Gasteiger partial charge in [-0.15, -0.1) is 0 Å². The van der Waals surface area contributed by atoms with Crippen molar-refractivity contribution in [3.8, 4) is 0 Å². The van der Waals surface area contributed by atoms with E-state index in [1.54, 1.807) is 6.07 Å².